The molecule has 2 aliphatic rings. The summed E-state index contributed by atoms with van der Waals surface area (Å²) in [6.45, 7) is 2.37. The van der Waals surface area contributed by atoms with Gasteiger partial charge in [0.1, 0.15) is 4.32 Å². The number of thiocarbonyl (C=S) groups is 1. The molecule has 3 rings (SSSR count). The van der Waals surface area contributed by atoms with Crippen LogP contribution in [0.3, 0.4) is 0 Å². The molecule has 0 radical (unpaired) electrons. The number of hydrogen-bond donors (Lipinski definition) is 0. The lowest BCUT2D eigenvalue weighted by atomic mass is 10.1. The summed E-state index contributed by atoms with van der Waals surface area (Å²) in [6, 6.07) is 5.34. The Morgan fingerprint density at radius 1 is 1.40 bits per heavy atom. The van der Waals surface area contributed by atoms with Crippen LogP contribution in [-0.4, -0.2) is 27.5 Å². The largest absolute Gasteiger partial charge is 0.294 e. The van der Waals surface area contributed by atoms with E-state index in [1.54, 1.807) is 12.1 Å². The van der Waals surface area contributed by atoms with Gasteiger partial charge in [-0.25, -0.2) is 0 Å². The van der Waals surface area contributed by atoms with E-state index < -0.39 is 0 Å². The fraction of sp³-hybridized carbons (Fsp3) is 0.214. The van der Waals surface area contributed by atoms with Crippen molar-refractivity contribution in [2.75, 3.05) is 6.54 Å². The van der Waals surface area contributed by atoms with Gasteiger partial charge in [0.2, 0.25) is 0 Å². The lowest BCUT2D eigenvalue weighted by molar-refractivity contribution is -0.122. The monoisotopic (exact) mass is 323 g/mol. The summed E-state index contributed by atoms with van der Waals surface area (Å²) in [4.78, 5) is 26.5. The molecular weight excluding hydrogens is 314 g/mol. The molecule has 1 aliphatic heterocycles. The summed E-state index contributed by atoms with van der Waals surface area (Å²) in [5.41, 5.74) is 2.14. The van der Waals surface area contributed by atoms with E-state index in [4.69, 9.17) is 23.8 Å². The maximum Gasteiger partial charge on any atom is 0.266 e. The van der Waals surface area contributed by atoms with E-state index in [-0.39, 0.29) is 11.7 Å². The van der Waals surface area contributed by atoms with E-state index in [2.05, 4.69) is 0 Å². The van der Waals surface area contributed by atoms with Crippen LogP contribution in [0.25, 0.3) is 5.57 Å². The first-order valence-corrected chi connectivity index (χ1v) is 7.73. The highest BCUT2D eigenvalue weighted by Gasteiger charge is 2.38. The molecule has 0 bridgehead atoms. The van der Waals surface area contributed by atoms with Gasteiger partial charge in [0, 0.05) is 23.6 Å². The number of ketones is 1. The highest BCUT2D eigenvalue weighted by Crippen LogP contribution is 2.41. The third kappa shape index (κ3) is 2.01. The van der Waals surface area contributed by atoms with Crippen LogP contribution in [-0.2, 0) is 16.0 Å². The predicted molar refractivity (Wildman–Crippen MR) is 84.7 cm³/mol. The lowest BCUT2D eigenvalue weighted by Gasteiger charge is -2.10. The molecule has 0 unspecified atom stereocenters. The standard InChI is InChI=1S/C14H10ClNO2S2/c1-2-16-13(18)12(20-14(16)19)11-9-6-8(15)4-3-7(9)5-10(11)17/h3-4,6H,2,5H2,1H3/b12-11-. The molecule has 1 aliphatic carbocycles. The first-order chi connectivity index (χ1) is 9.52. The molecule has 0 atom stereocenters. The molecule has 3 nitrogen and oxygen atoms in total. The number of amides is 1. The van der Waals surface area contributed by atoms with Gasteiger partial charge in [0.15, 0.2) is 5.78 Å². The summed E-state index contributed by atoms with van der Waals surface area (Å²) >= 11 is 12.4. The zero-order valence-corrected chi connectivity index (χ0v) is 13.0. The van der Waals surface area contributed by atoms with Crippen molar-refractivity contribution in [3.63, 3.8) is 0 Å². The van der Waals surface area contributed by atoms with Crippen molar-refractivity contribution in [2.45, 2.75) is 13.3 Å². The van der Waals surface area contributed by atoms with Crippen molar-refractivity contribution in [2.24, 2.45) is 0 Å². The van der Waals surface area contributed by atoms with E-state index >= 15 is 0 Å². The van der Waals surface area contributed by atoms with Gasteiger partial charge in [-0.1, -0.05) is 41.6 Å². The SMILES string of the molecule is CCN1C(=O)/C(=C2/C(=O)Cc3ccc(Cl)cc32)SC1=S. The number of fused-ring (bicyclic) bond motifs is 1. The molecule has 102 valence electrons. The number of allylic oxidation sites excluding steroid dienone is 1. The number of benzene rings is 1. The Kier molecular flexibility index (Phi) is 3.44. The predicted octanol–water partition coefficient (Wildman–Crippen LogP) is 3.06. The molecule has 0 aromatic heterocycles. The summed E-state index contributed by atoms with van der Waals surface area (Å²) < 4.78 is 0.503. The van der Waals surface area contributed by atoms with Crippen LogP contribution in [0.2, 0.25) is 5.02 Å². The van der Waals surface area contributed by atoms with E-state index in [0.29, 0.717) is 32.8 Å². The minimum atomic E-state index is -0.182. The van der Waals surface area contributed by atoms with Gasteiger partial charge in [0.25, 0.3) is 5.91 Å². The van der Waals surface area contributed by atoms with E-state index in [1.807, 2.05) is 13.0 Å². The molecule has 6 heteroatoms. The maximum absolute atomic E-state index is 12.3. The van der Waals surface area contributed by atoms with Crippen LogP contribution in [0.15, 0.2) is 23.1 Å². The fourth-order valence-corrected chi connectivity index (χ4v) is 4.07. The molecule has 1 amide bonds. The molecule has 0 N–H and O–H groups in total. The van der Waals surface area contributed by atoms with Gasteiger partial charge in [0.05, 0.1) is 4.91 Å². The van der Waals surface area contributed by atoms with Crippen molar-refractivity contribution >= 4 is 57.2 Å². The first-order valence-electron chi connectivity index (χ1n) is 6.13. The Labute approximate surface area is 131 Å². The van der Waals surface area contributed by atoms with Gasteiger partial charge in [-0.2, -0.15) is 0 Å². The Morgan fingerprint density at radius 3 is 2.80 bits per heavy atom. The number of nitrogens with zero attached hydrogens (tertiary/aromatic N) is 1. The second-order valence-corrected chi connectivity index (χ2v) is 6.60. The number of rotatable bonds is 1. The zero-order chi connectivity index (χ0) is 14.4. The first kappa shape index (κ1) is 13.8. The van der Waals surface area contributed by atoms with Gasteiger partial charge in [-0.3, -0.25) is 14.5 Å². The topological polar surface area (TPSA) is 37.4 Å². The van der Waals surface area contributed by atoms with Gasteiger partial charge in [-0.05, 0) is 30.2 Å². The van der Waals surface area contributed by atoms with Gasteiger partial charge < -0.3 is 0 Å². The van der Waals surface area contributed by atoms with E-state index in [1.165, 1.54) is 16.7 Å². The van der Waals surface area contributed by atoms with E-state index in [9.17, 15) is 9.59 Å². The number of carbonyl (C=O) groups excluding carboxylic acids is 2. The number of carbonyl (C=O) groups is 2. The average Bonchev–Trinajstić information content (AvgIpc) is 2.85. The molecule has 0 spiro atoms. The van der Waals surface area contributed by atoms with Crippen molar-refractivity contribution in [1.82, 2.24) is 4.90 Å². The van der Waals surface area contributed by atoms with E-state index in [0.717, 1.165) is 11.1 Å². The third-order valence-corrected chi connectivity index (χ3v) is 5.05. The van der Waals surface area contributed by atoms with Crippen molar-refractivity contribution < 1.29 is 9.59 Å². The van der Waals surface area contributed by atoms with Crippen LogP contribution in [0, 0.1) is 0 Å². The molecule has 0 saturated carbocycles. The number of likely N-dealkylation sites (N-methyl/N-ethyl adjacent to an activating group) is 1. The Hall–Kier alpha value is -1.17. The number of hydrogen-bond acceptors (Lipinski definition) is 4. The molecule has 1 saturated heterocycles. The van der Waals surface area contributed by atoms with Crippen LogP contribution >= 0.6 is 35.6 Å². The summed E-state index contributed by atoms with van der Waals surface area (Å²) in [7, 11) is 0. The number of Topliss-reactive ketones (excluding diaryl/α,β-unsaturated/α-hetero) is 1. The quantitative estimate of drug-likeness (QED) is 0.588. The third-order valence-electron chi connectivity index (χ3n) is 3.36. The fourth-order valence-electron chi connectivity index (χ4n) is 2.42. The minimum absolute atomic E-state index is 0.0427. The smallest absolute Gasteiger partial charge is 0.266 e. The average molecular weight is 324 g/mol. The zero-order valence-electron chi connectivity index (χ0n) is 10.6. The molecule has 1 aromatic carbocycles. The lowest BCUT2D eigenvalue weighted by Crippen LogP contribution is -2.27. The second kappa shape index (κ2) is 4.98. The van der Waals surface area contributed by atoms with Gasteiger partial charge in [-0.15, -0.1) is 0 Å². The Balaban J connectivity index is 2.18. The molecule has 20 heavy (non-hydrogen) atoms. The molecular formula is C14H10ClNO2S2. The minimum Gasteiger partial charge on any atom is -0.294 e. The summed E-state index contributed by atoms with van der Waals surface area (Å²) in [5.74, 6) is -0.224. The molecule has 1 fully saturated rings. The maximum atomic E-state index is 12.3. The van der Waals surface area contributed by atoms with Crippen LogP contribution in [0.5, 0.6) is 0 Å². The number of thioether (sulfide) groups is 1. The van der Waals surface area contributed by atoms with Gasteiger partial charge >= 0.3 is 0 Å². The highest BCUT2D eigenvalue weighted by atomic mass is 35.5. The number of halogens is 1. The normalized spacial score (nSPS) is 21.9. The highest BCUT2D eigenvalue weighted by molar-refractivity contribution is 8.26. The van der Waals surface area contributed by atoms with Crippen molar-refractivity contribution in [3.8, 4) is 0 Å². The molecule has 1 heterocycles. The van der Waals surface area contributed by atoms with Crippen LogP contribution in [0.1, 0.15) is 18.1 Å². The van der Waals surface area contributed by atoms with Crippen molar-refractivity contribution in [1.29, 1.82) is 0 Å². The summed E-state index contributed by atoms with van der Waals surface area (Å²) in [6.07, 6.45) is 0.318. The Bertz CT molecular complexity index is 696. The van der Waals surface area contributed by atoms with Crippen LogP contribution < -0.4 is 0 Å². The molecule has 1 aromatic rings. The summed E-state index contributed by atoms with van der Waals surface area (Å²) in [5, 5.41) is 0.557. The van der Waals surface area contributed by atoms with Crippen molar-refractivity contribution in [3.05, 3.63) is 39.3 Å². The van der Waals surface area contributed by atoms with Crippen LogP contribution in [0.4, 0.5) is 0 Å². The second-order valence-electron chi connectivity index (χ2n) is 4.52. The Morgan fingerprint density at radius 2 is 2.15 bits per heavy atom.